The van der Waals surface area contributed by atoms with Crippen molar-refractivity contribution in [1.82, 2.24) is 0 Å². The largest absolute Gasteiger partial charge is 0.0880 e. The minimum absolute atomic E-state index is 0.421. The molecule has 0 aromatic rings. The lowest BCUT2D eigenvalue weighted by Crippen LogP contribution is -2.22. The molecular weight excluding hydrogens is 280 g/mol. The van der Waals surface area contributed by atoms with E-state index in [4.69, 9.17) is 0 Å². The molecule has 0 radical (unpaired) electrons. The van der Waals surface area contributed by atoms with Crippen molar-refractivity contribution in [1.29, 1.82) is 0 Å². The summed E-state index contributed by atoms with van der Waals surface area (Å²) in [6.45, 7) is 4.71. The first-order chi connectivity index (χ1) is 5.61. The molecule has 0 amide bonds. The van der Waals surface area contributed by atoms with Gasteiger partial charge in [0.1, 0.15) is 0 Å². The van der Waals surface area contributed by atoms with Crippen molar-refractivity contribution in [3.05, 3.63) is 11.1 Å². The van der Waals surface area contributed by atoms with Crippen LogP contribution in [-0.4, -0.2) is 10.7 Å². The molecule has 0 aromatic heterocycles. The number of halogens is 2. The Hall–Kier alpha value is 0.700. The van der Waals surface area contributed by atoms with E-state index in [1.807, 2.05) is 0 Å². The molecule has 0 aliphatic heterocycles. The van der Waals surface area contributed by atoms with Gasteiger partial charge in [-0.25, -0.2) is 0 Å². The van der Waals surface area contributed by atoms with Gasteiger partial charge in [-0.3, -0.25) is 0 Å². The fourth-order valence-corrected chi connectivity index (χ4v) is 3.72. The van der Waals surface area contributed by atoms with Gasteiger partial charge in [0.15, 0.2) is 0 Å². The fraction of sp³-hybridized carbons (Fsp3) is 0.800. The van der Waals surface area contributed by atoms with E-state index in [9.17, 15) is 0 Å². The van der Waals surface area contributed by atoms with Crippen LogP contribution >= 0.6 is 31.9 Å². The zero-order valence-electron chi connectivity index (χ0n) is 7.79. The van der Waals surface area contributed by atoms with E-state index in [0.717, 1.165) is 10.7 Å². The van der Waals surface area contributed by atoms with Gasteiger partial charge in [-0.2, -0.15) is 0 Å². The van der Waals surface area contributed by atoms with Gasteiger partial charge in [-0.15, -0.1) is 0 Å². The van der Waals surface area contributed by atoms with Crippen LogP contribution in [-0.2, 0) is 0 Å². The van der Waals surface area contributed by atoms with Gasteiger partial charge in [0.25, 0.3) is 0 Å². The molecule has 0 heterocycles. The van der Waals surface area contributed by atoms with Gasteiger partial charge in [0.2, 0.25) is 0 Å². The number of alkyl halides is 2. The summed E-state index contributed by atoms with van der Waals surface area (Å²) in [6.07, 6.45) is 3.98. The van der Waals surface area contributed by atoms with E-state index in [-0.39, 0.29) is 0 Å². The Morgan fingerprint density at radius 2 is 1.92 bits per heavy atom. The summed E-state index contributed by atoms with van der Waals surface area (Å²) in [5.41, 5.74) is 3.65. The average Bonchev–Trinajstić information content (AvgIpc) is 2.02. The number of allylic oxidation sites excluding steroid dienone is 2. The van der Waals surface area contributed by atoms with Crippen LogP contribution in [0.1, 0.15) is 33.1 Å². The van der Waals surface area contributed by atoms with Gasteiger partial charge in [0, 0.05) is 10.7 Å². The topological polar surface area (TPSA) is 0 Å². The van der Waals surface area contributed by atoms with Crippen molar-refractivity contribution in [2.75, 3.05) is 10.7 Å². The molecule has 2 heteroatoms. The van der Waals surface area contributed by atoms with Crippen LogP contribution in [0.5, 0.6) is 0 Å². The minimum Gasteiger partial charge on any atom is -0.0880 e. The minimum atomic E-state index is 0.421. The molecule has 0 saturated carbocycles. The lowest BCUT2D eigenvalue weighted by atomic mass is 9.74. The summed E-state index contributed by atoms with van der Waals surface area (Å²) >= 11 is 7.15. The van der Waals surface area contributed by atoms with Crippen molar-refractivity contribution >= 4 is 31.9 Å². The average molecular weight is 296 g/mol. The maximum Gasteiger partial charge on any atom is 0.0250 e. The van der Waals surface area contributed by atoms with Crippen molar-refractivity contribution < 1.29 is 0 Å². The Bertz CT molecular complexity index is 192. The van der Waals surface area contributed by atoms with E-state index in [2.05, 4.69) is 45.7 Å². The van der Waals surface area contributed by atoms with Crippen molar-refractivity contribution in [3.8, 4) is 0 Å². The van der Waals surface area contributed by atoms with Crippen LogP contribution in [0.3, 0.4) is 0 Å². The molecule has 70 valence electrons. The maximum absolute atomic E-state index is 3.59. The molecule has 1 aliphatic carbocycles. The third-order valence-electron chi connectivity index (χ3n) is 2.82. The monoisotopic (exact) mass is 294 g/mol. The molecule has 0 saturated heterocycles. The van der Waals surface area contributed by atoms with Crippen LogP contribution in [0.4, 0.5) is 0 Å². The SMILES string of the molecule is CC1(C)CCCC(CBr)=C1CBr. The molecule has 0 spiro atoms. The molecule has 0 atom stereocenters. The maximum atomic E-state index is 3.59. The van der Waals surface area contributed by atoms with Gasteiger partial charge >= 0.3 is 0 Å². The van der Waals surface area contributed by atoms with Crippen molar-refractivity contribution in [3.63, 3.8) is 0 Å². The lowest BCUT2D eigenvalue weighted by molar-refractivity contribution is 0.370. The Kier molecular flexibility index (Phi) is 3.84. The Morgan fingerprint density at radius 3 is 2.33 bits per heavy atom. The highest BCUT2D eigenvalue weighted by Crippen LogP contribution is 2.41. The fourth-order valence-electron chi connectivity index (χ4n) is 1.95. The highest BCUT2D eigenvalue weighted by Gasteiger charge is 2.28. The molecule has 1 rings (SSSR count). The number of hydrogen-bond acceptors (Lipinski definition) is 0. The Labute approximate surface area is 92.1 Å². The van der Waals surface area contributed by atoms with Crippen LogP contribution in [0.2, 0.25) is 0 Å². The lowest BCUT2D eigenvalue weighted by Gasteiger charge is -2.34. The summed E-state index contributed by atoms with van der Waals surface area (Å²) in [5.74, 6) is 0. The van der Waals surface area contributed by atoms with Crippen LogP contribution < -0.4 is 0 Å². The van der Waals surface area contributed by atoms with E-state index in [1.165, 1.54) is 19.3 Å². The molecular formula is C10H16Br2. The first-order valence-electron chi connectivity index (χ1n) is 4.45. The third kappa shape index (κ3) is 2.14. The smallest absolute Gasteiger partial charge is 0.0250 e. The molecule has 0 N–H and O–H groups in total. The highest BCUT2D eigenvalue weighted by atomic mass is 79.9. The molecule has 0 fully saturated rings. The van der Waals surface area contributed by atoms with E-state index in [0.29, 0.717) is 5.41 Å². The summed E-state index contributed by atoms with van der Waals surface area (Å²) in [5, 5.41) is 2.10. The standard InChI is InChI=1S/C10H16Br2/c1-10(2)5-3-4-8(6-11)9(10)7-12/h3-7H2,1-2H3. The molecule has 0 aromatic carbocycles. The van der Waals surface area contributed by atoms with Gasteiger partial charge in [-0.1, -0.05) is 56.9 Å². The molecule has 0 bridgehead atoms. The summed E-state index contributed by atoms with van der Waals surface area (Å²) in [4.78, 5) is 0. The predicted octanol–water partition coefficient (Wildman–Crippen LogP) is 4.28. The summed E-state index contributed by atoms with van der Waals surface area (Å²) < 4.78 is 0. The van der Waals surface area contributed by atoms with Crippen LogP contribution in [0, 0.1) is 5.41 Å². The van der Waals surface area contributed by atoms with E-state index in [1.54, 1.807) is 11.1 Å². The normalized spacial score (nSPS) is 23.0. The molecule has 12 heavy (non-hydrogen) atoms. The van der Waals surface area contributed by atoms with Crippen LogP contribution in [0.15, 0.2) is 11.1 Å². The van der Waals surface area contributed by atoms with E-state index < -0.39 is 0 Å². The zero-order chi connectivity index (χ0) is 9.19. The summed E-state index contributed by atoms with van der Waals surface area (Å²) in [6, 6.07) is 0. The zero-order valence-corrected chi connectivity index (χ0v) is 11.0. The second-order valence-corrected chi connectivity index (χ2v) is 5.21. The Balaban J connectivity index is 2.94. The number of hydrogen-bond donors (Lipinski definition) is 0. The van der Waals surface area contributed by atoms with Gasteiger partial charge in [-0.05, 0) is 24.7 Å². The highest BCUT2D eigenvalue weighted by molar-refractivity contribution is 9.09. The first kappa shape index (κ1) is 10.8. The van der Waals surface area contributed by atoms with Crippen molar-refractivity contribution in [2.24, 2.45) is 5.41 Å². The molecule has 1 aliphatic rings. The summed E-state index contributed by atoms with van der Waals surface area (Å²) in [7, 11) is 0. The van der Waals surface area contributed by atoms with Gasteiger partial charge in [0.05, 0.1) is 0 Å². The van der Waals surface area contributed by atoms with Crippen molar-refractivity contribution in [2.45, 2.75) is 33.1 Å². The quantitative estimate of drug-likeness (QED) is 0.527. The van der Waals surface area contributed by atoms with Gasteiger partial charge < -0.3 is 0 Å². The number of rotatable bonds is 2. The first-order valence-corrected chi connectivity index (χ1v) is 6.69. The third-order valence-corrected chi connectivity index (χ3v) is 4.06. The second kappa shape index (κ2) is 4.28. The Morgan fingerprint density at radius 1 is 1.25 bits per heavy atom. The molecule has 0 unspecified atom stereocenters. The van der Waals surface area contributed by atoms with Crippen LogP contribution in [0.25, 0.3) is 0 Å². The van der Waals surface area contributed by atoms with E-state index >= 15 is 0 Å². The predicted molar refractivity (Wildman–Crippen MR) is 62.2 cm³/mol. The second-order valence-electron chi connectivity index (χ2n) is 4.09. The molecule has 0 nitrogen and oxygen atoms in total.